The van der Waals surface area contributed by atoms with Crippen molar-refractivity contribution in [3.05, 3.63) is 45.9 Å². The Morgan fingerprint density at radius 3 is 2.55 bits per heavy atom. The molecule has 2 N–H and O–H groups in total. The van der Waals surface area contributed by atoms with Gasteiger partial charge in [0.15, 0.2) is 0 Å². The summed E-state index contributed by atoms with van der Waals surface area (Å²) in [6.07, 6.45) is 1.97. The van der Waals surface area contributed by atoms with Crippen molar-refractivity contribution in [2.24, 2.45) is 5.73 Å². The Morgan fingerprint density at radius 1 is 1.30 bits per heavy atom. The third kappa shape index (κ3) is 3.81. The number of rotatable bonds is 6. The summed E-state index contributed by atoms with van der Waals surface area (Å²) in [5.74, 6) is 0. The first-order chi connectivity index (χ1) is 9.60. The van der Waals surface area contributed by atoms with E-state index in [1.165, 1.54) is 16.1 Å². The molecule has 1 unspecified atom stereocenters. The Balaban J connectivity index is 2.00. The van der Waals surface area contributed by atoms with Gasteiger partial charge in [-0.3, -0.25) is 0 Å². The van der Waals surface area contributed by atoms with Gasteiger partial charge in [0.05, 0.1) is 17.7 Å². The van der Waals surface area contributed by atoms with Crippen LogP contribution in [0.4, 0.5) is 5.69 Å². The number of anilines is 1. The second-order valence-electron chi connectivity index (χ2n) is 5.26. The second-order valence-corrected chi connectivity index (χ2v) is 6.20. The molecule has 4 heteroatoms. The molecule has 0 aliphatic heterocycles. The maximum absolute atomic E-state index is 5.99. The third-order valence-corrected chi connectivity index (χ3v) is 4.54. The molecule has 0 bridgehead atoms. The number of nitrogens with two attached hydrogens (primary N) is 1. The van der Waals surface area contributed by atoms with E-state index in [0.29, 0.717) is 0 Å². The molecule has 0 aliphatic carbocycles. The van der Waals surface area contributed by atoms with E-state index in [-0.39, 0.29) is 6.04 Å². The summed E-state index contributed by atoms with van der Waals surface area (Å²) in [6, 6.07) is 8.97. The van der Waals surface area contributed by atoms with Crippen LogP contribution in [0.1, 0.15) is 29.5 Å². The number of hydrogen-bond donors (Lipinski definition) is 1. The van der Waals surface area contributed by atoms with Crippen molar-refractivity contribution in [2.75, 3.05) is 11.9 Å². The quantitative estimate of drug-likeness (QED) is 0.886. The van der Waals surface area contributed by atoms with E-state index < -0.39 is 0 Å². The summed E-state index contributed by atoms with van der Waals surface area (Å²) >= 11 is 1.72. The lowest BCUT2D eigenvalue weighted by Gasteiger charge is -2.19. The molecule has 3 nitrogen and oxygen atoms in total. The summed E-state index contributed by atoms with van der Waals surface area (Å²) in [5.41, 5.74) is 11.6. The number of thiazole rings is 1. The van der Waals surface area contributed by atoms with Crippen molar-refractivity contribution >= 4 is 17.0 Å². The zero-order chi connectivity index (χ0) is 14.5. The molecular formula is C16H23N3S. The molecule has 0 spiro atoms. The zero-order valence-electron chi connectivity index (χ0n) is 12.5. The van der Waals surface area contributed by atoms with Crippen molar-refractivity contribution in [3.63, 3.8) is 0 Å². The summed E-state index contributed by atoms with van der Waals surface area (Å²) < 4.78 is 0. The molecule has 2 rings (SSSR count). The van der Waals surface area contributed by atoms with Gasteiger partial charge in [0.25, 0.3) is 0 Å². The normalized spacial score (nSPS) is 12.4. The highest BCUT2D eigenvalue weighted by molar-refractivity contribution is 7.09. The fourth-order valence-corrected chi connectivity index (χ4v) is 2.95. The smallest absolute Gasteiger partial charge is 0.0798 e. The largest absolute Gasteiger partial charge is 0.369 e. The lowest BCUT2D eigenvalue weighted by Crippen LogP contribution is -2.21. The number of benzene rings is 1. The van der Waals surface area contributed by atoms with Crippen LogP contribution in [0.3, 0.4) is 0 Å². The standard InChI is InChI=1S/C16H23N3S/c1-4-14(17)9-13-5-7-15(8-6-13)19(3)10-16-12(2)18-11-20-16/h5-8,11,14H,4,9-10,17H2,1-3H3. The second kappa shape index (κ2) is 6.86. The Bertz CT molecular complexity index is 533. The van der Waals surface area contributed by atoms with Gasteiger partial charge in [-0.05, 0) is 37.5 Å². The Hall–Kier alpha value is -1.39. The van der Waals surface area contributed by atoms with Crippen LogP contribution in [-0.4, -0.2) is 18.1 Å². The maximum Gasteiger partial charge on any atom is 0.0798 e. The van der Waals surface area contributed by atoms with Gasteiger partial charge in [-0.2, -0.15) is 0 Å². The minimum absolute atomic E-state index is 0.262. The van der Waals surface area contributed by atoms with Crippen molar-refractivity contribution in [1.29, 1.82) is 0 Å². The Labute approximate surface area is 125 Å². The van der Waals surface area contributed by atoms with E-state index in [9.17, 15) is 0 Å². The first-order valence-corrected chi connectivity index (χ1v) is 7.92. The molecule has 1 heterocycles. The summed E-state index contributed by atoms with van der Waals surface area (Å²) in [5, 5.41) is 0. The molecular weight excluding hydrogens is 266 g/mol. The first kappa shape index (κ1) is 15.0. The summed E-state index contributed by atoms with van der Waals surface area (Å²) in [4.78, 5) is 7.88. The molecule has 0 aliphatic rings. The fraction of sp³-hybridized carbons (Fsp3) is 0.438. The SMILES string of the molecule is CCC(N)Cc1ccc(N(C)Cc2scnc2C)cc1. The molecule has 108 valence electrons. The van der Waals surface area contributed by atoms with Gasteiger partial charge in [-0.15, -0.1) is 11.3 Å². The van der Waals surface area contributed by atoms with Crippen LogP contribution in [0.25, 0.3) is 0 Å². The lowest BCUT2D eigenvalue weighted by atomic mass is 10.0. The van der Waals surface area contributed by atoms with E-state index in [0.717, 1.165) is 25.1 Å². The van der Waals surface area contributed by atoms with E-state index >= 15 is 0 Å². The minimum Gasteiger partial charge on any atom is -0.369 e. The molecule has 0 amide bonds. The van der Waals surface area contributed by atoms with Gasteiger partial charge in [-0.25, -0.2) is 4.98 Å². The van der Waals surface area contributed by atoms with Gasteiger partial charge in [-0.1, -0.05) is 19.1 Å². The van der Waals surface area contributed by atoms with Crippen molar-refractivity contribution < 1.29 is 0 Å². The van der Waals surface area contributed by atoms with Gasteiger partial charge >= 0.3 is 0 Å². The summed E-state index contributed by atoms with van der Waals surface area (Å²) in [6.45, 7) is 5.10. The molecule has 1 atom stereocenters. The Kier molecular flexibility index (Phi) is 5.15. The Morgan fingerprint density at radius 2 is 2.00 bits per heavy atom. The van der Waals surface area contributed by atoms with Crippen LogP contribution in [0, 0.1) is 6.92 Å². The first-order valence-electron chi connectivity index (χ1n) is 7.04. The topological polar surface area (TPSA) is 42.1 Å². The highest BCUT2D eigenvalue weighted by atomic mass is 32.1. The van der Waals surface area contributed by atoms with Crippen LogP contribution < -0.4 is 10.6 Å². The number of hydrogen-bond acceptors (Lipinski definition) is 4. The van der Waals surface area contributed by atoms with Crippen molar-refractivity contribution in [2.45, 2.75) is 39.3 Å². The average Bonchev–Trinajstić information content (AvgIpc) is 2.85. The van der Waals surface area contributed by atoms with E-state index in [1.54, 1.807) is 11.3 Å². The van der Waals surface area contributed by atoms with Gasteiger partial charge < -0.3 is 10.6 Å². The van der Waals surface area contributed by atoms with Crippen LogP contribution in [0.15, 0.2) is 29.8 Å². The minimum atomic E-state index is 0.262. The third-order valence-electron chi connectivity index (χ3n) is 3.63. The number of nitrogens with zero attached hydrogens (tertiary/aromatic N) is 2. The van der Waals surface area contributed by atoms with Gasteiger partial charge in [0, 0.05) is 23.7 Å². The zero-order valence-corrected chi connectivity index (χ0v) is 13.3. The van der Waals surface area contributed by atoms with Crippen molar-refractivity contribution in [3.8, 4) is 0 Å². The molecule has 1 aromatic heterocycles. The average molecular weight is 289 g/mol. The molecule has 2 aromatic rings. The lowest BCUT2D eigenvalue weighted by molar-refractivity contribution is 0.646. The maximum atomic E-state index is 5.99. The van der Waals surface area contributed by atoms with Crippen LogP contribution in [0.2, 0.25) is 0 Å². The van der Waals surface area contributed by atoms with Gasteiger partial charge in [0.1, 0.15) is 0 Å². The van der Waals surface area contributed by atoms with Crippen LogP contribution in [0.5, 0.6) is 0 Å². The highest BCUT2D eigenvalue weighted by Gasteiger charge is 2.07. The summed E-state index contributed by atoms with van der Waals surface area (Å²) in [7, 11) is 2.12. The molecule has 1 aromatic carbocycles. The van der Waals surface area contributed by atoms with Crippen molar-refractivity contribution in [1.82, 2.24) is 4.98 Å². The predicted molar refractivity (Wildman–Crippen MR) is 87.4 cm³/mol. The van der Waals surface area contributed by atoms with Crippen LogP contribution >= 0.6 is 11.3 Å². The van der Waals surface area contributed by atoms with Crippen LogP contribution in [-0.2, 0) is 13.0 Å². The van der Waals surface area contributed by atoms with E-state index in [1.807, 2.05) is 5.51 Å². The number of aromatic nitrogens is 1. The highest BCUT2D eigenvalue weighted by Crippen LogP contribution is 2.20. The molecule has 0 saturated heterocycles. The van der Waals surface area contributed by atoms with E-state index in [4.69, 9.17) is 5.73 Å². The predicted octanol–water partition coefficient (Wildman–Crippen LogP) is 3.37. The molecule has 0 saturated carbocycles. The van der Waals surface area contributed by atoms with Gasteiger partial charge in [0.2, 0.25) is 0 Å². The monoisotopic (exact) mass is 289 g/mol. The molecule has 20 heavy (non-hydrogen) atoms. The fourth-order valence-electron chi connectivity index (χ4n) is 2.12. The van der Waals surface area contributed by atoms with E-state index in [2.05, 4.69) is 55.0 Å². The molecule has 0 fully saturated rings. The molecule has 0 radical (unpaired) electrons. The number of aryl methyl sites for hydroxylation is 1.